The Morgan fingerprint density at radius 2 is 2.00 bits per heavy atom. The molecule has 1 aliphatic rings. The maximum absolute atomic E-state index is 8.64. The highest BCUT2D eigenvalue weighted by atomic mass is 28.3. The van der Waals surface area contributed by atoms with Crippen molar-refractivity contribution in [3.8, 4) is 0 Å². The normalized spacial score (nSPS) is 34.7. The van der Waals surface area contributed by atoms with Crippen molar-refractivity contribution in [3.63, 3.8) is 0 Å². The third-order valence-electron chi connectivity index (χ3n) is 1.62. The van der Waals surface area contributed by atoms with Crippen LogP contribution in [0, 0.1) is 0 Å². The molecule has 0 spiro atoms. The van der Waals surface area contributed by atoms with Gasteiger partial charge in [0.2, 0.25) is 0 Å². The van der Waals surface area contributed by atoms with Crippen LogP contribution in [0.4, 0.5) is 0 Å². The fraction of sp³-hybridized carbons (Fsp3) is 1.00. The molecule has 0 aromatic rings. The Bertz CT molecular complexity index is 108. The Morgan fingerprint density at radius 1 is 1.44 bits per heavy atom. The standard InChI is InChI=1S/C6H14O2Si/c1-9(2,3)6-5(4-7)8-6/h5-7H,4H2,1-3H3/t5-,6-/m1/s1. The molecule has 1 saturated heterocycles. The Morgan fingerprint density at radius 3 is 2.11 bits per heavy atom. The lowest BCUT2D eigenvalue weighted by Crippen LogP contribution is -2.31. The second kappa shape index (κ2) is 2.07. The van der Waals surface area contributed by atoms with Crippen molar-refractivity contribution in [1.29, 1.82) is 0 Å². The van der Waals surface area contributed by atoms with Crippen LogP contribution in [-0.2, 0) is 4.74 Å². The highest BCUT2D eigenvalue weighted by molar-refractivity contribution is 6.78. The predicted octanol–water partition coefficient (Wildman–Crippen LogP) is 0.623. The van der Waals surface area contributed by atoms with Crippen molar-refractivity contribution in [2.24, 2.45) is 0 Å². The number of aliphatic hydroxyl groups is 1. The van der Waals surface area contributed by atoms with Crippen molar-refractivity contribution in [2.45, 2.75) is 31.5 Å². The van der Waals surface area contributed by atoms with Gasteiger partial charge in [-0.05, 0) is 0 Å². The van der Waals surface area contributed by atoms with E-state index in [1.807, 2.05) is 0 Å². The average molecular weight is 146 g/mol. The van der Waals surface area contributed by atoms with E-state index in [0.717, 1.165) is 0 Å². The monoisotopic (exact) mass is 146 g/mol. The first kappa shape index (κ1) is 7.25. The summed E-state index contributed by atoms with van der Waals surface area (Å²) in [4.78, 5) is 0. The molecular formula is C6H14O2Si. The first-order valence-corrected chi connectivity index (χ1v) is 6.90. The van der Waals surface area contributed by atoms with Crippen molar-refractivity contribution in [2.75, 3.05) is 6.61 Å². The minimum absolute atomic E-state index is 0.177. The van der Waals surface area contributed by atoms with Crippen molar-refractivity contribution in [1.82, 2.24) is 0 Å². The van der Waals surface area contributed by atoms with Gasteiger partial charge in [-0.3, -0.25) is 0 Å². The van der Waals surface area contributed by atoms with Crippen LogP contribution in [0.5, 0.6) is 0 Å². The molecule has 0 unspecified atom stereocenters. The minimum Gasteiger partial charge on any atom is -0.394 e. The van der Waals surface area contributed by atoms with E-state index in [4.69, 9.17) is 9.84 Å². The summed E-state index contributed by atoms with van der Waals surface area (Å²) in [6.07, 6.45) is 0.177. The number of hydrogen-bond acceptors (Lipinski definition) is 2. The summed E-state index contributed by atoms with van der Waals surface area (Å²) in [5, 5.41) is 8.64. The van der Waals surface area contributed by atoms with Gasteiger partial charge in [0.15, 0.2) is 0 Å². The zero-order chi connectivity index (χ0) is 7.07. The van der Waals surface area contributed by atoms with Gasteiger partial charge in [0.25, 0.3) is 0 Å². The van der Waals surface area contributed by atoms with E-state index >= 15 is 0 Å². The molecule has 2 atom stereocenters. The molecule has 0 aromatic heterocycles. The predicted molar refractivity (Wildman–Crippen MR) is 39.1 cm³/mol. The van der Waals surface area contributed by atoms with Crippen LogP contribution in [0.1, 0.15) is 0 Å². The van der Waals surface area contributed by atoms with Crippen molar-refractivity contribution >= 4 is 8.07 Å². The summed E-state index contributed by atoms with van der Waals surface area (Å²) in [7, 11) is -1.09. The van der Waals surface area contributed by atoms with E-state index in [-0.39, 0.29) is 12.7 Å². The largest absolute Gasteiger partial charge is 0.394 e. The second-order valence-corrected chi connectivity index (χ2v) is 8.94. The molecule has 0 aliphatic carbocycles. The number of hydrogen-bond donors (Lipinski definition) is 1. The summed E-state index contributed by atoms with van der Waals surface area (Å²) >= 11 is 0. The van der Waals surface area contributed by atoms with E-state index in [9.17, 15) is 0 Å². The summed E-state index contributed by atoms with van der Waals surface area (Å²) in [5.74, 6) is 0. The number of rotatable bonds is 2. The SMILES string of the molecule is C[Si](C)(C)[C@H]1O[C@@H]1CO. The minimum atomic E-state index is -1.09. The molecule has 1 fully saturated rings. The van der Waals surface area contributed by atoms with Crippen LogP contribution in [0.3, 0.4) is 0 Å². The Labute approximate surface area is 56.8 Å². The second-order valence-electron chi connectivity index (χ2n) is 3.64. The molecule has 0 radical (unpaired) electrons. The molecule has 0 amide bonds. The van der Waals surface area contributed by atoms with Crippen LogP contribution < -0.4 is 0 Å². The van der Waals surface area contributed by atoms with E-state index in [1.54, 1.807) is 0 Å². The fourth-order valence-corrected chi connectivity index (χ4v) is 2.85. The quantitative estimate of drug-likeness (QED) is 0.457. The fourth-order valence-electron chi connectivity index (χ4n) is 1.04. The lowest BCUT2D eigenvalue weighted by atomic mass is 10.5. The molecule has 0 aromatic carbocycles. The molecule has 0 bridgehead atoms. The molecule has 0 saturated carbocycles. The summed E-state index contributed by atoms with van der Waals surface area (Å²) in [5.41, 5.74) is 0.419. The molecular weight excluding hydrogens is 132 g/mol. The van der Waals surface area contributed by atoms with E-state index in [1.165, 1.54) is 0 Å². The van der Waals surface area contributed by atoms with E-state index in [2.05, 4.69) is 19.6 Å². The Kier molecular flexibility index (Phi) is 1.67. The number of aliphatic hydroxyl groups excluding tert-OH is 1. The molecule has 2 nitrogen and oxygen atoms in total. The number of epoxide rings is 1. The van der Waals surface area contributed by atoms with Crippen molar-refractivity contribution < 1.29 is 9.84 Å². The topological polar surface area (TPSA) is 32.8 Å². The van der Waals surface area contributed by atoms with Gasteiger partial charge in [-0.1, -0.05) is 19.6 Å². The zero-order valence-electron chi connectivity index (χ0n) is 6.22. The maximum atomic E-state index is 8.64. The summed E-state index contributed by atoms with van der Waals surface area (Å²) < 4.78 is 5.24. The molecule has 3 heteroatoms. The Hall–Kier alpha value is 0.137. The van der Waals surface area contributed by atoms with Gasteiger partial charge in [0, 0.05) is 0 Å². The van der Waals surface area contributed by atoms with Gasteiger partial charge in [-0.25, -0.2) is 0 Å². The van der Waals surface area contributed by atoms with Gasteiger partial charge in [-0.15, -0.1) is 0 Å². The summed E-state index contributed by atoms with van der Waals surface area (Å²) in [6.45, 7) is 6.98. The van der Waals surface area contributed by atoms with Crippen LogP contribution in [0.15, 0.2) is 0 Å². The highest BCUT2D eigenvalue weighted by Gasteiger charge is 2.47. The van der Waals surface area contributed by atoms with Crippen LogP contribution in [-0.4, -0.2) is 31.6 Å². The van der Waals surface area contributed by atoms with Gasteiger partial charge >= 0.3 is 0 Å². The molecule has 1 heterocycles. The molecule has 9 heavy (non-hydrogen) atoms. The number of ether oxygens (including phenoxy) is 1. The van der Waals surface area contributed by atoms with Crippen LogP contribution >= 0.6 is 0 Å². The van der Waals surface area contributed by atoms with Crippen LogP contribution in [0.25, 0.3) is 0 Å². The average Bonchev–Trinajstić information content (AvgIpc) is 2.39. The summed E-state index contributed by atoms with van der Waals surface area (Å²) in [6, 6.07) is 0. The van der Waals surface area contributed by atoms with E-state index in [0.29, 0.717) is 5.73 Å². The lowest BCUT2D eigenvalue weighted by molar-refractivity contribution is 0.243. The first-order valence-electron chi connectivity index (χ1n) is 3.32. The van der Waals surface area contributed by atoms with Gasteiger partial charge in [0.05, 0.1) is 20.4 Å². The van der Waals surface area contributed by atoms with Crippen LogP contribution in [0.2, 0.25) is 19.6 Å². The van der Waals surface area contributed by atoms with Gasteiger partial charge in [-0.2, -0.15) is 0 Å². The smallest absolute Gasteiger partial charge is 0.104 e. The first-order chi connectivity index (χ1) is 4.05. The third-order valence-corrected chi connectivity index (χ3v) is 3.83. The lowest BCUT2D eigenvalue weighted by Gasteiger charge is -2.10. The third kappa shape index (κ3) is 1.53. The zero-order valence-corrected chi connectivity index (χ0v) is 7.22. The maximum Gasteiger partial charge on any atom is 0.104 e. The molecule has 1 rings (SSSR count). The van der Waals surface area contributed by atoms with E-state index < -0.39 is 8.07 Å². The Balaban J connectivity index is 2.33. The van der Waals surface area contributed by atoms with Crippen molar-refractivity contribution in [3.05, 3.63) is 0 Å². The van der Waals surface area contributed by atoms with Gasteiger partial charge < -0.3 is 9.84 Å². The molecule has 1 N–H and O–H groups in total. The molecule has 54 valence electrons. The van der Waals surface area contributed by atoms with Gasteiger partial charge in [0.1, 0.15) is 6.10 Å². The molecule has 1 aliphatic heterocycles. The highest BCUT2D eigenvalue weighted by Crippen LogP contribution is 2.30.